The maximum absolute atomic E-state index is 12.6. The molecule has 0 spiro atoms. The molecule has 0 aliphatic carbocycles. The van der Waals surface area contributed by atoms with Crippen LogP contribution in [-0.2, 0) is 6.54 Å². The van der Waals surface area contributed by atoms with E-state index < -0.39 is 0 Å². The number of rotatable bonds is 6. The largest absolute Gasteiger partial charge is 0.340 e. The molecule has 7 nitrogen and oxygen atoms in total. The van der Waals surface area contributed by atoms with Gasteiger partial charge in [-0.3, -0.25) is 9.48 Å². The van der Waals surface area contributed by atoms with E-state index in [-0.39, 0.29) is 5.56 Å². The minimum Gasteiger partial charge on any atom is -0.340 e. The molecule has 1 aromatic carbocycles. The molecule has 1 fully saturated rings. The molecule has 32 heavy (non-hydrogen) atoms. The molecule has 4 aromatic rings. The van der Waals surface area contributed by atoms with Crippen molar-refractivity contribution in [3.63, 3.8) is 0 Å². The second-order valence-corrected chi connectivity index (χ2v) is 8.39. The number of fused-ring (bicyclic) bond motifs is 1. The lowest BCUT2D eigenvalue weighted by molar-refractivity contribution is 0.460. The van der Waals surface area contributed by atoms with Crippen LogP contribution in [0.5, 0.6) is 0 Å². The number of pyridine rings is 2. The molecule has 1 aliphatic rings. The van der Waals surface area contributed by atoms with Crippen molar-refractivity contribution in [2.45, 2.75) is 38.6 Å². The highest BCUT2D eigenvalue weighted by Gasteiger charge is 2.16. The number of anilines is 2. The smallest absolute Gasteiger partial charge is 0.259 e. The van der Waals surface area contributed by atoms with Crippen LogP contribution >= 0.6 is 0 Å². The summed E-state index contributed by atoms with van der Waals surface area (Å²) in [4.78, 5) is 20.2. The number of aryl methyl sites for hydroxylation is 1. The summed E-state index contributed by atoms with van der Waals surface area (Å²) in [6.07, 6.45) is 8.86. The van der Waals surface area contributed by atoms with Gasteiger partial charge in [0.1, 0.15) is 5.82 Å². The van der Waals surface area contributed by atoms with Crippen molar-refractivity contribution in [1.82, 2.24) is 25.1 Å². The lowest BCUT2D eigenvalue weighted by Crippen LogP contribution is -2.26. The Morgan fingerprint density at radius 1 is 1.16 bits per heavy atom. The van der Waals surface area contributed by atoms with E-state index in [1.54, 1.807) is 6.20 Å². The van der Waals surface area contributed by atoms with Crippen molar-refractivity contribution in [1.29, 1.82) is 0 Å². The second kappa shape index (κ2) is 8.96. The van der Waals surface area contributed by atoms with Crippen LogP contribution in [0.25, 0.3) is 22.0 Å². The second-order valence-electron chi connectivity index (χ2n) is 8.39. The zero-order valence-electron chi connectivity index (χ0n) is 18.3. The van der Waals surface area contributed by atoms with Gasteiger partial charge in [-0.05, 0) is 73.5 Å². The number of nitrogens with zero attached hydrogens (tertiary/aromatic N) is 3. The van der Waals surface area contributed by atoms with Gasteiger partial charge in [0.25, 0.3) is 5.56 Å². The molecular weight excluding hydrogens is 400 g/mol. The molecule has 0 radical (unpaired) electrons. The molecule has 164 valence electrons. The third kappa shape index (κ3) is 4.16. The summed E-state index contributed by atoms with van der Waals surface area (Å²) < 4.78 is 1.92. The third-order valence-corrected chi connectivity index (χ3v) is 6.12. The first-order valence-electron chi connectivity index (χ1n) is 11.3. The molecule has 0 bridgehead atoms. The summed E-state index contributed by atoms with van der Waals surface area (Å²) in [5.74, 6) is 1.16. The number of hydrogen-bond acceptors (Lipinski definition) is 5. The monoisotopic (exact) mass is 428 g/mol. The molecule has 0 unspecified atom stereocenters. The van der Waals surface area contributed by atoms with Crippen LogP contribution in [0.15, 0.2) is 59.8 Å². The maximum Gasteiger partial charge on any atom is 0.259 e. The fraction of sp³-hybridized carbons (Fsp3) is 0.320. The SMILES string of the molecule is CCCn1cc(-c2cc3cc[nH]c(=O)c3c(Nc3ccc(C4CCNCC4)cc3)n2)cn1. The van der Waals surface area contributed by atoms with E-state index >= 15 is 0 Å². The highest BCUT2D eigenvalue weighted by Crippen LogP contribution is 2.30. The summed E-state index contributed by atoms with van der Waals surface area (Å²) in [5, 5.41) is 12.6. The van der Waals surface area contributed by atoms with Gasteiger partial charge in [-0.15, -0.1) is 0 Å². The van der Waals surface area contributed by atoms with E-state index in [2.05, 4.69) is 51.9 Å². The van der Waals surface area contributed by atoms with Crippen LogP contribution < -0.4 is 16.2 Å². The number of aromatic amines is 1. The van der Waals surface area contributed by atoms with Crippen LogP contribution in [0.4, 0.5) is 11.5 Å². The van der Waals surface area contributed by atoms with Crippen molar-refractivity contribution in [2.24, 2.45) is 0 Å². The summed E-state index contributed by atoms with van der Waals surface area (Å²) in [6.45, 7) is 5.14. The van der Waals surface area contributed by atoms with Gasteiger partial charge in [0.2, 0.25) is 0 Å². The van der Waals surface area contributed by atoms with E-state index in [1.165, 1.54) is 18.4 Å². The van der Waals surface area contributed by atoms with Gasteiger partial charge in [0, 0.05) is 30.2 Å². The number of aromatic nitrogens is 4. The topological polar surface area (TPSA) is 87.6 Å². The quantitative estimate of drug-likeness (QED) is 0.423. The zero-order valence-corrected chi connectivity index (χ0v) is 18.3. The molecular formula is C25H28N6O. The Kier molecular flexibility index (Phi) is 5.73. The van der Waals surface area contributed by atoms with Crippen LogP contribution in [0.3, 0.4) is 0 Å². The van der Waals surface area contributed by atoms with E-state index in [1.807, 2.05) is 29.2 Å². The number of nitrogens with one attached hydrogen (secondary N) is 3. The van der Waals surface area contributed by atoms with Gasteiger partial charge in [-0.2, -0.15) is 5.10 Å². The van der Waals surface area contributed by atoms with Gasteiger partial charge in [-0.25, -0.2) is 4.98 Å². The number of hydrogen-bond donors (Lipinski definition) is 3. The van der Waals surface area contributed by atoms with Crippen molar-refractivity contribution in [3.8, 4) is 11.3 Å². The average molecular weight is 429 g/mol. The first kappa shape index (κ1) is 20.5. The molecule has 0 amide bonds. The van der Waals surface area contributed by atoms with E-state index in [0.29, 0.717) is 17.1 Å². The average Bonchev–Trinajstić information content (AvgIpc) is 3.29. The first-order chi connectivity index (χ1) is 15.7. The molecule has 5 rings (SSSR count). The van der Waals surface area contributed by atoms with Crippen molar-refractivity contribution < 1.29 is 0 Å². The molecule has 7 heteroatoms. The predicted molar refractivity (Wildman–Crippen MR) is 128 cm³/mol. The molecule has 4 heterocycles. The standard InChI is InChI=1S/C25H28N6O/c1-2-13-31-16-20(15-28-31)22-14-19-9-12-27-25(32)23(19)24(30-22)29-21-5-3-17(4-6-21)18-7-10-26-11-8-18/h3-6,9,12,14-16,18,26H,2,7-8,10-11,13H2,1H3,(H,27,32)(H,29,30). The van der Waals surface area contributed by atoms with Crippen LogP contribution in [0.1, 0.15) is 37.7 Å². The van der Waals surface area contributed by atoms with Gasteiger partial charge in [0.05, 0.1) is 17.3 Å². The Hall–Kier alpha value is -3.45. The normalized spacial score (nSPS) is 14.7. The molecule has 0 atom stereocenters. The van der Waals surface area contributed by atoms with Gasteiger partial charge < -0.3 is 15.6 Å². The Labute approximate surface area is 186 Å². The van der Waals surface area contributed by atoms with Crippen molar-refractivity contribution in [2.75, 3.05) is 18.4 Å². The van der Waals surface area contributed by atoms with Gasteiger partial charge >= 0.3 is 0 Å². The Bertz CT molecular complexity index is 1270. The fourth-order valence-electron chi connectivity index (χ4n) is 4.43. The summed E-state index contributed by atoms with van der Waals surface area (Å²) in [5.41, 5.74) is 3.85. The van der Waals surface area contributed by atoms with Gasteiger partial charge in [-0.1, -0.05) is 19.1 Å². The summed E-state index contributed by atoms with van der Waals surface area (Å²) in [7, 11) is 0. The highest BCUT2D eigenvalue weighted by atomic mass is 16.1. The third-order valence-electron chi connectivity index (χ3n) is 6.12. The number of piperidine rings is 1. The Morgan fingerprint density at radius 2 is 1.97 bits per heavy atom. The van der Waals surface area contributed by atoms with Crippen LogP contribution in [-0.4, -0.2) is 32.8 Å². The van der Waals surface area contributed by atoms with Crippen molar-refractivity contribution in [3.05, 3.63) is 70.9 Å². The molecule has 1 saturated heterocycles. The summed E-state index contributed by atoms with van der Waals surface area (Å²) >= 11 is 0. The molecule has 1 aliphatic heterocycles. The van der Waals surface area contributed by atoms with E-state index in [4.69, 9.17) is 4.98 Å². The number of H-pyrrole nitrogens is 1. The molecule has 3 aromatic heterocycles. The van der Waals surface area contributed by atoms with E-state index in [0.717, 1.165) is 48.4 Å². The minimum atomic E-state index is -0.156. The summed E-state index contributed by atoms with van der Waals surface area (Å²) in [6, 6.07) is 12.4. The Balaban J connectivity index is 1.49. The van der Waals surface area contributed by atoms with Crippen LogP contribution in [0.2, 0.25) is 0 Å². The molecule has 0 saturated carbocycles. The van der Waals surface area contributed by atoms with Gasteiger partial charge in [0.15, 0.2) is 0 Å². The lowest BCUT2D eigenvalue weighted by atomic mass is 9.90. The van der Waals surface area contributed by atoms with Crippen molar-refractivity contribution >= 4 is 22.3 Å². The van der Waals surface area contributed by atoms with Crippen LogP contribution in [0, 0.1) is 0 Å². The Morgan fingerprint density at radius 3 is 2.75 bits per heavy atom. The fourth-order valence-corrected chi connectivity index (χ4v) is 4.43. The molecule has 3 N–H and O–H groups in total. The highest BCUT2D eigenvalue weighted by molar-refractivity contribution is 5.95. The number of benzene rings is 1. The maximum atomic E-state index is 12.6. The predicted octanol–water partition coefficient (Wildman–Crippen LogP) is 4.41. The lowest BCUT2D eigenvalue weighted by Gasteiger charge is -2.23. The first-order valence-corrected chi connectivity index (χ1v) is 11.3. The minimum absolute atomic E-state index is 0.156. The van der Waals surface area contributed by atoms with E-state index in [9.17, 15) is 4.79 Å². The zero-order chi connectivity index (χ0) is 21.9.